The number of para-hydroxylation sites is 1. The van der Waals surface area contributed by atoms with Gasteiger partial charge in [-0.05, 0) is 50.3 Å². The fourth-order valence-corrected chi connectivity index (χ4v) is 2.79. The molecule has 1 atom stereocenters. The Kier molecular flexibility index (Phi) is 4.65. The maximum absolute atomic E-state index is 5.96. The topological polar surface area (TPSA) is 12.5 Å². The van der Waals surface area contributed by atoms with Crippen molar-refractivity contribution in [2.24, 2.45) is 5.92 Å². The van der Waals surface area contributed by atoms with Crippen LogP contribution < -0.4 is 4.74 Å². The number of nitrogens with zero attached hydrogens (tertiary/aromatic N) is 1. The monoisotopic (exact) mass is 247 g/mol. The van der Waals surface area contributed by atoms with E-state index in [-0.39, 0.29) is 0 Å². The van der Waals surface area contributed by atoms with Crippen LogP contribution in [0.15, 0.2) is 18.2 Å². The summed E-state index contributed by atoms with van der Waals surface area (Å²) >= 11 is 0. The fourth-order valence-electron chi connectivity index (χ4n) is 2.79. The zero-order valence-electron chi connectivity index (χ0n) is 11.9. The van der Waals surface area contributed by atoms with Crippen molar-refractivity contribution in [3.63, 3.8) is 0 Å². The summed E-state index contributed by atoms with van der Waals surface area (Å²) < 4.78 is 5.96. The minimum Gasteiger partial charge on any atom is -0.492 e. The van der Waals surface area contributed by atoms with E-state index in [4.69, 9.17) is 4.74 Å². The van der Waals surface area contributed by atoms with Crippen LogP contribution in [-0.4, -0.2) is 31.1 Å². The Morgan fingerprint density at radius 1 is 1.28 bits per heavy atom. The van der Waals surface area contributed by atoms with E-state index in [1.54, 1.807) is 0 Å². The molecule has 1 aromatic rings. The molecule has 1 heterocycles. The molecule has 100 valence electrons. The summed E-state index contributed by atoms with van der Waals surface area (Å²) in [5.74, 6) is 1.92. The number of piperidine rings is 1. The van der Waals surface area contributed by atoms with Gasteiger partial charge in [-0.2, -0.15) is 0 Å². The van der Waals surface area contributed by atoms with Gasteiger partial charge in [-0.15, -0.1) is 0 Å². The maximum Gasteiger partial charge on any atom is 0.125 e. The van der Waals surface area contributed by atoms with Crippen molar-refractivity contribution in [3.05, 3.63) is 29.3 Å². The Bertz CT molecular complexity index is 368. The normalized spacial score (nSPS) is 20.9. The Balaban J connectivity index is 1.81. The van der Waals surface area contributed by atoms with Crippen LogP contribution in [-0.2, 0) is 0 Å². The predicted octanol–water partition coefficient (Wildman–Crippen LogP) is 3.41. The van der Waals surface area contributed by atoms with E-state index in [9.17, 15) is 0 Å². The average molecular weight is 247 g/mol. The first-order valence-corrected chi connectivity index (χ1v) is 7.08. The van der Waals surface area contributed by atoms with Crippen LogP contribution in [0.5, 0.6) is 5.75 Å². The molecule has 0 saturated carbocycles. The van der Waals surface area contributed by atoms with Crippen molar-refractivity contribution >= 4 is 0 Å². The summed E-state index contributed by atoms with van der Waals surface area (Å²) in [5, 5.41) is 0. The third kappa shape index (κ3) is 3.49. The molecule has 2 rings (SSSR count). The Morgan fingerprint density at radius 2 is 2.00 bits per heavy atom. The molecule has 0 spiro atoms. The molecule has 2 heteroatoms. The van der Waals surface area contributed by atoms with E-state index >= 15 is 0 Å². The maximum atomic E-state index is 5.96. The van der Waals surface area contributed by atoms with Gasteiger partial charge >= 0.3 is 0 Å². The number of benzene rings is 1. The number of likely N-dealkylation sites (tertiary alicyclic amines) is 1. The van der Waals surface area contributed by atoms with Gasteiger partial charge in [-0.25, -0.2) is 0 Å². The molecule has 1 aliphatic rings. The number of aryl methyl sites for hydroxylation is 2. The first-order valence-electron chi connectivity index (χ1n) is 7.08. The number of hydrogen-bond acceptors (Lipinski definition) is 2. The van der Waals surface area contributed by atoms with Crippen LogP contribution in [0.25, 0.3) is 0 Å². The van der Waals surface area contributed by atoms with Gasteiger partial charge in [0, 0.05) is 13.1 Å². The zero-order chi connectivity index (χ0) is 13.0. The molecule has 0 bridgehead atoms. The Morgan fingerprint density at radius 3 is 2.67 bits per heavy atom. The third-order valence-electron chi connectivity index (χ3n) is 3.80. The Hall–Kier alpha value is -1.02. The van der Waals surface area contributed by atoms with Crippen LogP contribution >= 0.6 is 0 Å². The molecule has 1 fully saturated rings. The second kappa shape index (κ2) is 6.24. The standard InChI is InChI=1S/C16H25NO/c1-13-6-5-9-17(12-13)10-11-18-16-14(2)7-4-8-15(16)3/h4,7-8,13H,5-6,9-12H2,1-3H3. The largest absolute Gasteiger partial charge is 0.492 e. The molecule has 1 unspecified atom stereocenters. The summed E-state index contributed by atoms with van der Waals surface area (Å²) in [6.07, 6.45) is 2.72. The minimum atomic E-state index is 0.804. The molecule has 2 nitrogen and oxygen atoms in total. The van der Waals surface area contributed by atoms with Gasteiger partial charge in [0.1, 0.15) is 12.4 Å². The summed E-state index contributed by atoms with van der Waals surface area (Å²) in [6.45, 7) is 10.9. The molecule has 1 aromatic carbocycles. The van der Waals surface area contributed by atoms with E-state index < -0.39 is 0 Å². The number of hydrogen-bond donors (Lipinski definition) is 0. The molecule has 0 radical (unpaired) electrons. The van der Waals surface area contributed by atoms with Gasteiger partial charge in [0.2, 0.25) is 0 Å². The van der Waals surface area contributed by atoms with Crippen molar-refractivity contribution in [1.82, 2.24) is 4.90 Å². The van der Waals surface area contributed by atoms with Crippen LogP contribution in [0.4, 0.5) is 0 Å². The van der Waals surface area contributed by atoms with Crippen LogP contribution in [0, 0.1) is 19.8 Å². The van der Waals surface area contributed by atoms with Gasteiger partial charge in [0.15, 0.2) is 0 Å². The highest BCUT2D eigenvalue weighted by Gasteiger charge is 2.15. The van der Waals surface area contributed by atoms with Crippen molar-refractivity contribution in [3.8, 4) is 5.75 Å². The van der Waals surface area contributed by atoms with Gasteiger partial charge < -0.3 is 4.74 Å². The molecule has 18 heavy (non-hydrogen) atoms. The van der Waals surface area contributed by atoms with E-state index in [1.165, 1.54) is 37.1 Å². The van der Waals surface area contributed by atoms with Gasteiger partial charge in [-0.1, -0.05) is 25.1 Å². The van der Waals surface area contributed by atoms with Crippen molar-refractivity contribution in [2.75, 3.05) is 26.2 Å². The van der Waals surface area contributed by atoms with Crippen LogP contribution in [0.3, 0.4) is 0 Å². The lowest BCUT2D eigenvalue weighted by molar-refractivity contribution is 0.153. The van der Waals surface area contributed by atoms with Crippen LogP contribution in [0.2, 0.25) is 0 Å². The highest BCUT2D eigenvalue weighted by molar-refractivity contribution is 5.39. The second-order valence-corrected chi connectivity index (χ2v) is 5.62. The van der Waals surface area contributed by atoms with Crippen molar-refractivity contribution < 1.29 is 4.74 Å². The lowest BCUT2D eigenvalue weighted by atomic mass is 10.0. The van der Waals surface area contributed by atoms with Gasteiger partial charge in [0.05, 0.1) is 0 Å². The quantitative estimate of drug-likeness (QED) is 0.808. The van der Waals surface area contributed by atoms with Gasteiger partial charge in [0.25, 0.3) is 0 Å². The van der Waals surface area contributed by atoms with Gasteiger partial charge in [-0.3, -0.25) is 4.90 Å². The molecular formula is C16H25NO. The first kappa shape index (κ1) is 13.4. The summed E-state index contributed by atoms with van der Waals surface area (Å²) in [6, 6.07) is 6.32. The average Bonchev–Trinajstić information content (AvgIpc) is 2.33. The first-order chi connectivity index (χ1) is 8.66. The van der Waals surface area contributed by atoms with E-state index in [2.05, 4.69) is 43.9 Å². The number of rotatable bonds is 4. The van der Waals surface area contributed by atoms with Crippen molar-refractivity contribution in [2.45, 2.75) is 33.6 Å². The summed E-state index contributed by atoms with van der Waals surface area (Å²) in [4.78, 5) is 2.53. The van der Waals surface area contributed by atoms with Crippen molar-refractivity contribution in [1.29, 1.82) is 0 Å². The predicted molar refractivity (Wildman–Crippen MR) is 76.2 cm³/mol. The molecule has 1 aliphatic heterocycles. The SMILES string of the molecule is Cc1cccc(C)c1OCCN1CCCC(C)C1. The molecular weight excluding hydrogens is 222 g/mol. The smallest absolute Gasteiger partial charge is 0.125 e. The highest BCUT2D eigenvalue weighted by atomic mass is 16.5. The summed E-state index contributed by atoms with van der Waals surface area (Å²) in [5.41, 5.74) is 2.48. The van der Waals surface area contributed by atoms with Crippen LogP contribution in [0.1, 0.15) is 30.9 Å². The summed E-state index contributed by atoms with van der Waals surface area (Å²) in [7, 11) is 0. The van der Waals surface area contributed by atoms with E-state index in [1.807, 2.05) is 0 Å². The number of ether oxygens (including phenoxy) is 1. The van der Waals surface area contributed by atoms with E-state index in [0.717, 1.165) is 24.8 Å². The fraction of sp³-hybridized carbons (Fsp3) is 0.625. The molecule has 0 amide bonds. The lowest BCUT2D eigenvalue weighted by Gasteiger charge is -2.30. The molecule has 0 aliphatic carbocycles. The molecule has 0 N–H and O–H groups in total. The zero-order valence-corrected chi connectivity index (χ0v) is 11.9. The third-order valence-corrected chi connectivity index (χ3v) is 3.80. The second-order valence-electron chi connectivity index (χ2n) is 5.62. The Labute approximate surface area is 111 Å². The van der Waals surface area contributed by atoms with E-state index in [0.29, 0.717) is 0 Å². The lowest BCUT2D eigenvalue weighted by Crippen LogP contribution is -2.37. The minimum absolute atomic E-state index is 0.804. The molecule has 0 aromatic heterocycles. The highest BCUT2D eigenvalue weighted by Crippen LogP contribution is 2.22. The molecule has 1 saturated heterocycles.